The zero-order valence-corrected chi connectivity index (χ0v) is 17.4. The molecule has 0 saturated carbocycles. The number of rotatable bonds is 7. The zero-order valence-electron chi connectivity index (χ0n) is 17.4. The summed E-state index contributed by atoms with van der Waals surface area (Å²) in [5.41, 5.74) is 1.12. The maximum atomic E-state index is 12.8. The summed E-state index contributed by atoms with van der Waals surface area (Å²) in [6.45, 7) is 0. The second kappa shape index (κ2) is 9.53. The molecule has 0 radical (unpaired) electrons. The number of non-ortho nitro benzene ring substituents is 1. The average Bonchev–Trinajstić information content (AvgIpc) is 3.28. The number of nitro groups is 2. The van der Waals surface area contributed by atoms with E-state index in [1.54, 1.807) is 42.5 Å². The van der Waals surface area contributed by atoms with Gasteiger partial charge in [-0.2, -0.15) is 5.10 Å². The van der Waals surface area contributed by atoms with Gasteiger partial charge in [-0.3, -0.25) is 25.0 Å². The van der Waals surface area contributed by atoms with Gasteiger partial charge in [0.05, 0.1) is 21.1 Å². The van der Waals surface area contributed by atoms with Crippen molar-refractivity contribution in [1.82, 2.24) is 9.78 Å². The number of nitrogens with zero attached hydrogens (tertiary/aromatic N) is 5. The third-order valence-electron chi connectivity index (χ3n) is 4.73. The largest absolute Gasteiger partial charge is 0.321 e. The molecule has 0 atom stereocenters. The number of aromatic nitrogens is 2. The quantitative estimate of drug-likeness (QED) is 0.242. The fourth-order valence-corrected chi connectivity index (χ4v) is 3.09. The monoisotopic (exact) mass is 456 g/mol. The van der Waals surface area contributed by atoms with E-state index in [0.717, 1.165) is 0 Å². The molecule has 3 aromatic carbocycles. The number of hydrogen-bond donors (Lipinski definition) is 1. The van der Waals surface area contributed by atoms with Crippen molar-refractivity contribution in [2.45, 2.75) is 0 Å². The van der Waals surface area contributed by atoms with Crippen LogP contribution < -0.4 is 5.32 Å². The Balaban J connectivity index is 1.67. The fourth-order valence-electron chi connectivity index (χ4n) is 3.09. The number of hydrogen-bond acceptors (Lipinski definition) is 7. The molecule has 0 bridgehead atoms. The number of anilines is 1. The lowest BCUT2D eigenvalue weighted by atomic mass is 10.2. The molecule has 1 N–H and O–H groups in total. The summed E-state index contributed by atoms with van der Waals surface area (Å²) in [7, 11) is 0. The first kappa shape index (κ1) is 22.0. The molecule has 0 aliphatic heterocycles. The molecule has 0 aliphatic rings. The van der Waals surface area contributed by atoms with Crippen LogP contribution in [0.3, 0.4) is 0 Å². The van der Waals surface area contributed by atoms with Gasteiger partial charge in [0.2, 0.25) is 0 Å². The van der Waals surface area contributed by atoms with Gasteiger partial charge in [0.1, 0.15) is 0 Å². The third-order valence-corrected chi connectivity index (χ3v) is 4.73. The van der Waals surface area contributed by atoms with Crippen molar-refractivity contribution < 1.29 is 14.6 Å². The van der Waals surface area contributed by atoms with Gasteiger partial charge in [0, 0.05) is 36.2 Å². The molecular formula is C23H16N6O5. The minimum Gasteiger partial charge on any atom is -0.321 e. The Morgan fingerprint density at radius 2 is 1.59 bits per heavy atom. The number of nitro benzene ring substituents is 2. The predicted octanol–water partition coefficient (Wildman–Crippen LogP) is 4.69. The normalized spacial score (nSPS) is 10.8. The first-order valence-electron chi connectivity index (χ1n) is 9.91. The van der Waals surface area contributed by atoms with Crippen molar-refractivity contribution in [3.8, 4) is 5.69 Å². The SMILES string of the molecule is O=C(Nc1ccc([N+](=O)[O-])cc1)c1cc(/N=C/c2ccccc2[N+](=O)[O-])n(-c2ccccc2)n1. The van der Waals surface area contributed by atoms with Crippen molar-refractivity contribution in [3.05, 3.63) is 116 Å². The fraction of sp³-hybridized carbons (Fsp3) is 0. The van der Waals surface area contributed by atoms with Crippen LogP contribution in [0.25, 0.3) is 5.69 Å². The lowest BCUT2D eigenvalue weighted by Gasteiger charge is -2.04. The second-order valence-electron chi connectivity index (χ2n) is 6.97. The Morgan fingerprint density at radius 1 is 0.912 bits per heavy atom. The van der Waals surface area contributed by atoms with Gasteiger partial charge in [-0.1, -0.05) is 30.3 Å². The summed E-state index contributed by atoms with van der Waals surface area (Å²) in [6.07, 6.45) is 1.34. The number of benzene rings is 3. The molecule has 0 aliphatic carbocycles. The highest BCUT2D eigenvalue weighted by atomic mass is 16.6. The summed E-state index contributed by atoms with van der Waals surface area (Å²) >= 11 is 0. The molecule has 0 spiro atoms. The third kappa shape index (κ3) is 4.83. The molecule has 1 amide bonds. The Hall–Kier alpha value is -5.19. The van der Waals surface area contributed by atoms with E-state index in [0.29, 0.717) is 16.9 Å². The minimum absolute atomic E-state index is 0.0388. The van der Waals surface area contributed by atoms with E-state index >= 15 is 0 Å². The number of nitrogens with one attached hydrogen (secondary N) is 1. The van der Waals surface area contributed by atoms with Gasteiger partial charge in [-0.05, 0) is 30.3 Å². The Kier molecular flexibility index (Phi) is 6.17. The first-order valence-corrected chi connectivity index (χ1v) is 9.91. The molecular weight excluding hydrogens is 440 g/mol. The Labute approximate surface area is 192 Å². The molecule has 4 aromatic rings. The summed E-state index contributed by atoms with van der Waals surface area (Å²) in [4.78, 5) is 38.2. The van der Waals surface area contributed by atoms with E-state index in [9.17, 15) is 25.0 Å². The van der Waals surface area contributed by atoms with E-state index in [1.807, 2.05) is 6.07 Å². The number of amides is 1. The minimum atomic E-state index is -0.550. The van der Waals surface area contributed by atoms with Crippen LogP contribution in [-0.2, 0) is 0 Å². The van der Waals surface area contributed by atoms with Crippen LogP contribution in [0.15, 0.2) is 89.9 Å². The van der Waals surface area contributed by atoms with Crippen LogP contribution in [0, 0.1) is 20.2 Å². The van der Waals surface area contributed by atoms with Crippen molar-refractivity contribution in [1.29, 1.82) is 0 Å². The number of para-hydroxylation sites is 2. The van der Waals surface area contributed by atoms with Gasteiger partial charge in [0.15, 0.2) is 11.5 Å². The Bertz CT molecular complexity index is 1400. The number of carbonyl (C=O) groups excluding carboxylic acids is 1. The lowest BCUT2D eigenvalue weighted by molar-refractivity contribution is -0.385. The molecule has 1 aromatic heterocycles. The molecule has 168 valence electrons. The zero-order chi connectivity index (χ0) is 24.1. The van der Waals surface area contributed by atoms with E-state index in [2.05, 4.69) is 15.4 Å². The van der Waals surface area contributed by atoms with Gasteiger partial charge in [0.25, 0.3) is 17.3 Å². The number of carbonyl (C=O) groups is 1. The maximum Gasteiger partial charge on any atom is 0.278 e. The molecule has 0 fully saturated rings. The van der Waals surface area contributed by atoms with E-state index < -0.39 is 15.8 Å². The van der Waals surface area contributed by atoms with Crippen LogP contribution >= 0.6 is 0 Å². The molecule has 1 heterocycles. The van der Waals surface area contributed by atoms with Crippen LogP contribution in [0.1, 0.15) is 16.1 Å². The van der Waals surface area contributed by atoms with Crippen LogP contribution in [0.4, 0.5) is 22.9 Å². The predicted molar refractivity (Wildman–Crippen MR) is 125 cm³/mol. The van der Waals surface area contributed by atoms with Crippen LogP contribution in [0.2, 0.25) is 0 Å². The summed E-state index contributed by atoms with van der Waals surface area (Å²) in [6, 6.07) is 21.9. The van der Waals surface area contributed by atoms with E-state index in [-0.39, 0.29) is 22.9 Å². The van der Waals surface area contributed by atoms with E-state index in [1.165, 1.54) is 47.3 Å². The highest BCUT2D eigenvalue weighted by Crippen LogP contribution is 2.23. The van der Waals surface area contributed by atoms with Crippen molar-refractivity contribution in [2.75, 3.05) is 5.32 Å². The topological polar surface area (TPSA) is 146 Å². The van der Waals surface area contributed by atoms with Crippen molar-refractivity contribution in [3.63, 3.8) is 0 Å². The van der Waals surface area contributed by atoms with Gasteiger partial charge >= 0.3 is 0 Å². The molecule has 34 heavy (non-hydrogen) atoms. The molecule has 0 unspecified atom stereocenters. The second-order valence-corrected chi connectivity index (χ2v) is 6.97. The number of aliphatic imine (C=N–C) groups is 1. The standard InChI is InChI=1S/C23H16N6O5/c30-23(25-17-10-12-19(13-11-17)28(31)32)20-14-22(27(26-20)18-7-2-1-3-8-18)24-15-16-6-4-5-9-21(16)29(33)34/h1-15H,(H,25,30)/b24-15+. The summed E-state index contributed by atoms with van der Waals surface area (Å²) in [5.74, 6) is -0.274. The van der Waals surface area contributed by atoms with E-state index in [4.69, 9.17) is 0 Å². The van der Waals surface area contributed by atoms with Crippen LogP contribution in [0.5, 0.6) is 0 Å². The highest BCUT2D eigenvalue weighted by molar-refractivity contribution is 6.03. The summed E-state index contributed by atoms with van der Waals surface area (Å²) in [5, 5.41) is 29.1. The van der Waals surface area contributed by atoms with Crippen LogP contribution in [-0.4, -0.2) is 31.7 Å². The molecule has 11 nitrogen and oxygen atoms in total. The van der Waals surface area contributed by atoms with Gasteiger partial charge in [-0.25, -0.2) is 9.67 Å². The maximum absolute atomic E-state index is 12.8. The van der Waals surface area contributed by atoms with Gasteiger partial charge < -0.3 is 5.32 Å². The first-order chi connectivity index (χ1) is 16.4. The molecule has 0 saturated heterocycles. The Morgan fingerprint density at radius 3 is 2.26 bits per heavy atom. The smallest absolute Gasteiger partial charge is 0.278 e. The summed E-state index contributed by atoms with van der Waals surface area (Å²) < 4.78 is 1.44. The van der Waals surface area contributed by atoms with Crippen molar-refractivity contribution in [2.24, 2.45) is 4.99 Å². The molecule has 11 heteroatoms. The van der Waals surface area contributed by atoms with Gasteiger partial charge in [-0.15, -0.1) is 0 Å². The average molecular weight is 456 g/mol. The lowest BCUT2D eigenvalue weighted by Crippen LogP contribution is -2.13. The highest BCUT2D eigenvalue weighted by Gasteiger charge is 2.17. The molecule has 4 rings (SSSR count). The van der Waals surface area contributed by atoms with Crippen molar-refractivity contribution >= 4 is 35.0 Å².